The van der Waals surface area contributed by atoms with Crippen LogP contribution < -0.4 is 74.0 Å². The van der Waals surface area contributed by atoms with E-state index in [2.05, 4.69) is 25.1 Å². The van der Waals surface area contributed by atoms with Crippen molar-refractivity contribution in [1.29, 1.82) is 0 Å². The van der Waals surface area contributed by atoms with Gasteiger partial charge in [0, 0.05) is 5.56 Å². The third-order valence-corrected chi connectivity index (χ3v) is 3.60. The van der Waals surface area contributed by atoms with Gasteiger partial charge < -0.3 is 9.90 Å². The van der Waals surface area contributed by atoms with E-state index in [4.69, 9.17) is 0 Å². The molecule has 0 saturated carbocycles. The molecule has 0 unspecified atom stereocenters. The van der Waals surface area contributed by atoms with Crippen molar-refractivity contribution in [1.82, 2.24) is 0 Å². The predicted octanol–water partition coefficient (Wildman–Crippen LogP) is -0.758. The molecule has 0 amide bonds. The molecule has 0 atom stereocenters. The minimum atomic E-state index is -1.10. The van der Waals surface area contributed by atoms with Crippen molar-refractivity contribution in [3.8, 4) is 11.1 Å². The van der Waals surface area contributed by atoms with Crippen LogP contribution in [0.5, 0.6) is 0 Å². The van der Waals surface area contributed by atoms with Crippen LogP contribution >= 0.6 is 0 Å². The summed E-state index contributed by atoms with van der Waals surface area (Å²) in [5, 5.41) is 11.1. The molecule has 2 nitrogen and oxygen atoms in total. The minimum Gasteiger partial charge on any atom is -0.545 e. The molecule has 0 radical (unpaired) electrons. The van der Waals surface area contributed by atoms with Crippen molar-refractivity contribution in [2.75, 3.05) is 0 Å². The summed E-state index contributed by atoms with van der Waals surface area (Å²) < 4.78 is 0. The van der Waals surface area contributed by atoms with Crippen LogP contribution in [0.25, 0.3) is 11.1 Å². The first-order valence-electron chi connectivity index (χ1n) is 6.01. The fourth-order valence-electron chi connectivity index (χ4n) is 2.72. The topological polar surface area (TPSA) is 40.1 Å². The first-order valence-corrected chi connectivity index (χ1v) is 6.01. The van der Waals surface area contributed by atoms with Gasteiger partial charge in [-0.15, -0.1) is 0 Å². The number of carboxylic acid groups (broad SMARTS) is 1. The van der Waals surface area contributed by atoms with Gasteiger partial charge in [0.05, 0.1) is 5.97 Å². The third kappa shape index (κ3) is 2.73. The first-order chi connectivity index (χ1) is 8.56. The molecule has 2 aromatic rings. The van der Waals surface area contributed by atoms with Crippen LogP contribution in [0.1, 0.15) is 32.6 Å². The maximum atomic E-state index is 11.1. The Labute approximate surface area is 171 Å². The Morgan fingerprint density at radius 2 is 1.74 bits per heavy atom. The molecule has 0 aromatic heterocycles. The van der Waals surface area contributed by atoms with Gasteiger partial charge >= 0.3 is 68.9 Å². The molecule has 3 heteroatoms. The molecule has 90 valence electrons. The van der Waals surface area contributed by atoms with Crippen LogP contribution in [0.3, 0.4) is 0 Å². The fraction of sp³-hybridized carbons (Fsp3) is 0.188. The summed E-state index contributed by atoms with van der Waals surface area (Å²) in [4.78, 5) is 11.1. The summed E-state index contributed by atoms with van der Waals surface area (Å²) in [6, 6.07) is 10.0. The number of fused-ring (bicyclic) bond motifs is 3. The summed E-state index contributed by atoms with van der Waals surface area (Å²) in [5.41, 5.74) is 6.98. The average Bonchev–Trinajstić information content (AvgIpc) is 2.63. The van der Waals surface area contributed by atoms with Gasteiger partial charge in [0.2, 0.25) is 0 Å². The Bertz CT molecular complexity index is 675. The molecule has 0 saturated heterocycles. The number of hydrogen-bond acceptors (Lipinski definition) is 2. The van der Waals surface area contributed by atoms with Crippen LogP contribution in [-0.4, -0.2) is 5.97 Å². The number of hydrogen-bond donors (Lipinski definition) is 0. The van der Waals surface area contributed by atoms with Crippen molar-refractivity contribution >= 4 is 5.97 Å². The molecule has 1 aliphatic rings. The normalized spacial score (nSPS) is 11.5. The Morgan fingerprint density at radius 3 is 2.42 bits per heavy atom. The molecule has 0 bridgehead atoms. The van der Waals surface area contributed by atoms with E-state index in [1.165, 1.54) is 16.7 Å². The van der Waals surface area contributed by atoms with Gasteiger partial charge in [0.1, 0.15) is 0 Å². The predicted molar refractivity (Wildman–Crippen MR) is 68.5 cm³/mol. The summed E-state index contributed by atoms with van der Waals surface area (Å²) in [6.07, 6.45) is 0.889. The van der Waals surface area contributed by atoms with Gasteiger partial charge in [-0.05, 0) is 54.2 Å². The summed E-state index contributed by atoms with van der Waals surface area (Å²) in [6.45, 7) is 3.89. The number of benzene rings is 2. The standard InChI is InChI=1S/C16H14O2.Cs/c1-9-3-4-13-11(5-9)7-12-6-10(2)14(16(17)18)8-15(12)13;/h3-6,8H,7H2,1-2H3,(H,17,18);/q;+1/p-1. The number of carboxylic acids is 1. The summed E-state index contributed by atoms with van der Waals surface area (Å²) in [7, 11) is 0. The van der Waals surface area contributed by atoms with Crippen molar-refractivity contribution < 1.29 is 78.8 Å². The van der Waals surface area contributed by atoms with Crippen LogP contribution in [0.2, 0.25) is 0 Å². The second-order valence-corrected chi connectivity index (χ2v) is 4.95. The number of carbonyl (C=O) groups excluding carboxylic acids is 1. The Balaban J connectivity index is 0.00000133. The second-order valence-electron chi connectivity index (χ2n) is 4.95. The molecular formula is C16H13CsO2. The number of aromatic carboxylic acids is 1. The van der Waals surface area contributed by atoms with Crippen LogP contribution in [0, 0.1) is 13.8 Å². The van der Waals surface area contributed by atoms with E-state index >= 15 is 0 Å². The van der Waals surface area contributed by atoms with Crippen LogP contribution in [-0.2, 0) is 6.42 Å². The van der Waals surface area contributed by atoms with Crippen LogP contribution in [0.15, 0.2) is 30.3 Å². The Hall–Kier alpha value is -0.0381. The quantitative estimate of drug-likeness (QED) is 0.565. The second kappa shape index (κ2) is 5.76. The van der Waals surface area contributed by atoms with E-state index in [0.717, 1.165) is 23.1 Å². The average molecular weight is 370 g/mol. The van der Waals surface area contributed by atoms with Gasteiger partial charge in [-0.3, -0.25) is 0 Å². The van der Waals surface area contributed by atoms with Crippen molar-refractivity contribution in [3.63, 3.8) is 0 Å². The molecule has 0 heterocycles. The third-order valence-electron chi connectivity index (χ3n) is 3.60. The number of aryl methyl sites for hydroxylation is 2. The molecule has 0 N–H and O–H groups in total. The van der Waals surface area contributed by atoms with E-state index in [1.54, 1.807) is 6.07 Å². The van der Waals surface area contributed by atoms with E-state index in [1.807, 2.05) is 13.0 Å². The molecule has 0 aliphatic heterocycles. The van der Waals surface area contributed by atoms with Gasteiger partial charge in [-0.2, -0.15) is 0 Å². The maximum absolute atomic E-state index is 11.1. The van der Waals surface area contributed by atoms with Crippen LogP contribution in [0.4, 0.5) is 0 Å². The molecule has 3 rings (SSSR count). The molecule has 0 fully saturated rings. The maximum Gasteiger partial charge on any atom is 1.00 e. The molecule has 19 heavy (non-hydrogen) atoms. The zero-order chi connectivity index (χ0) is 12.9. The van der Waals surface area contributed by atoms with Gasteiger partial charge in [-0.25, -0.2) is 0 Å². The molecule has 2 aromatic carbocycles. The Kier molecular flexibility index (Phi) is 4.65. The number of carbonyl (C=O) groups is 1. The summed E-state index contributed by atoms with van der Waals surface area (Å²) in [5.74, 6) is -1.10. The van der Waals surface area contributed by atoms with E-state index in [0.29, 0.717) is 5.56 Å². The van der Waals surface area contributed by atoms with Crippen molar-refractivity contribution in [2.24, 2.45) is 0 Å². The van der Waals surface area contributed by atoms with Gasteiger partial charge in [0.15, 0.2) is 0 Å². The van der Waals surface area contributed by atoms with E-state index < -0.39 is 5.97 Å². The van der Waals surface area contributed by atoms with E-state index in [-0.39, 0.29) is 68.9 Å². The number of rotatable bonds is 1. The Morgan fingerprint density at radius 1 is 1.05 bits per heavy atom. The molecule has 1 aliphatic carbocycles. The summed E-state index contributed by atoms with van der Waals surface area (Å²) >= 11 is 0. The van der Waals surface area contributed by atoms with Crippen molar-refractivity contribution in [2.45, 2.75) is 20.3 Å². The smallest absolute Gasteiger partial charge is 0.545 e. The molecular weight excluding hydrogens is 357 g/mol. The zero-order valence-corrected chi connectivity index (χ0v) is 17.7. The monoisotopic (exact) mass is 370 g/mol. The van der Waals surface area contributed by atoms with Gasteiger partial charge in [-0.1, -0.05) is 29.8 Å². The fourth-order valence-corrected chi connectivity index (χ4v) is 2.72. The largest absolute Gasteiger partial charge is 1.00 e. The van der Waals surface area contributed by atoms with Gasteiger partial charge in [0.25, 0.3) is 0 Å². The van der Waals surface area contributed by atoms with Crippen molar-refractivity contribution in [3.05, 3.63) is 58.1 Å². The first kappa shape index (κ1) is 15.4. The van der Waals surface area contributed by atoms with E-state index in [9.17, 15) is 9.90 Å². The minimum absolute atomic E-state index is 0. The SMILES string of the molecule is Cc1ccc2c(c1)Cc1cc(C)c(C(=O)[O-])cc1-2.[Cs+]. The molecule has 0 spiro atoms. The zero-order valence-electron chi connectivity index (χ0n) is 11.4.